The normalized spacial score (nSPS) is 38.6. The first kappa shape index (κ1) is 28.9. The Bertz CT molecular complexity index is 1140. The summed E-state index contributed by atoms with van der Waals surface area (Å²) in [6.07, 6.45) is 10.8. The zero-order chi connectivity index (χ0) is 27.4. The second kappa shape index (κ2) is 10.1. The van der Waals surface area contributed by atoms with E-state index in [0.717, 1.165) is 44.9 Å². The summed E-state index contributed by atoms with van der Waals surface area (Å²) in [6, 6.07) is 0. The third kappa shape index (κ3) is 5.76. The third-order valence-corrected chi connectivity index (χ3v) is 11.0. The first-order valence-electron chi connectivity index (χ1n) is 13.4. The van der Waals surface area contributed by atoms with Gasteiger partial charge in [-0.1, -0.05) is 34.1 Å². The van der Waals surface area contributed by atoms with Crippen LogP contribution in [0.1, 0.15) is 79.1 Å². The summed E-state index contributed by atoms with van der Waals surface area (Å²) in [6.45, 7) is 9.02. The minimum Gasteiger partial charge on any atom is -0.716 e. The summed E-state index contributed by atoms with van der Waals surface area (Å²) >= 11 is 0. The van der Waals surface area contributed by atoms with Gasteiger partial charge in [-0.3, -0.25) is 0 Å². The van der Waals surface area contributed by atoms with Crippen LogP contribution < -0.4 is 0 Å². The molecule has 1 unspecified atom stereocenters. The minimum atomic E-state index is -5.22. The topological polar surface area (TPSA) is 153 Å². The van der Waals surface area contributed by atoms with Gasteiger partial charge >= 0.3 is 0 Å². The van der Waals surface area contributed by atoms with Gasteiger partial charge in [-0.15, -0.1) is 0 Å². The summed E-state index contributed by atoms with van der Waals surface area (Å²) in [5, 5.41) is 10.3. The van der Waals surface area contributed by atoms with Gasteiger partial charge in [0.05, 0.1) is 0 Å². The van der Waals surface area contributed by atoms with Crippen molar-refractivity contribution in [1.29, 1.82) is 0 Å². The Morgan fingerprint density at radius 3 is 2.19 bits per heavy atom. The lowest BCUT2D eigenvalue weighted by Crippen LogP contribution is -2.52. The molecule has 0 aliphatic heterocycles. The van der Waals surface area contributed by atoms with Crippen LogP contribution in [0, 0.1) is 52.3 Å². The van der Waals surface area contributed by atoms with Crippen molar-refractivity contribution in [2.24, 2.45) is 52.3 Å². The SMILES string of the molecule is CC(C)CC[C@@H](CO)[C@H]1CC[C@H]2[C@@H]3CCC4C=C(OS(=O)(=O)[O-])C(OS(=O)(=O)[O-])=C[C@]4(C)[C@H]3CC[C@]12C. The molecule has 0 bridgehead atoms. The summed E-state index contributed by atoms with van der Waals surface area (Å²) in [5.41, 5.74) is -0.471. The maximum Gasteiger partial charge on any atom is 0.262 e. The van der Waals surface area contributed by atoms with Crippen molar-refractivity contribution >= 4 is 20.8 Å². The van der Waals surface area contributed by atoms with Crippen LogP contribution >= 0.6 is 0 Å². The first-order valence-corrected chi connectivity index (χ1v) is 16.1. The van der Waals surface area contributed by atoms with E-state index < -0.39 is 37.7 Å². The highest BCUT2D eigenvalue weighted by Gasteiger charge is 2.60. The average molecular weight is 561 g/mol. The summed E-state index contributed by atoms with van der Waals surface area (Å²) < 4.78 is 77.2. The monoisotopic (exact) mass is 560 g/mol. The fourth-order valence-corrected chi connectivity index (χ4v) is 9.36. The van der Waals surface area contributed by atoms with Crippen LogP contribution in [0.5, 0.6) is 0 Å². The number of hydrogen-bond acceptors (Lipinski definition) is 9. The van der Waals surface area contributed by atoms with Gasteiger partial charge in [0.15, 0.2) is 11.5 Å². The summed E-state index contributed by atoms with van der Waals surface area (Å²) in [7, 11) is -10.4. The van der Waals surface area contributed by atoms with Crippen molar-refractivity contribution < 1.29 is 39.4 Å². The van der Waals surface area contributed by atoms with Crippen molar-refractivity contribution in [1.82, 2.24) is 0 Å². The number of rotatable bonds is 9. The van der Waals surface area contributed by atoms with E-state index in [2.05, 4.69) is 29.1 Å². The molecule has 0 aromatic rings. The largest absolute Gasteiger partial charge is 0.716 e. The second-order valence-electron chi connectivity index (χ2n) is 12.6. The van der Waals surface area contributed by atoms with E-state index in [4.69, 9.17) is 0 Å². The molecule has 1 N–H and O–H groups in total. The van der Waals surface area contributed by atoms with Crippen molar-refractivity contribution in [3.8, 4) is 0 Å². The number of fused-ring (bicyclic) bond motifs is 5. The lowest BCUT2D eigenvalue weighted by atomic mass is 9.46. The highest BCUT2D eigenvalue weighted by Crippen LogP contribution is 2.67. The molecular weight excluding hydrogens is 520 g/mol. The van der Waals surface area contributed by atoms with Crippen molar-refractivity contribution in [3.63, 3.8) is 0 Å². The summed E-state index contributed by atoms with van der Waals surface area (Å²) in [4.78, 5) is 0. The van der Waals surface area contributed by atoms with E-state index in [1.54, 1.807) is 0 Å². The van der Waals surface area contributed by atoms with Gasteiger partial charge in [-0.05, 0) is 109 Å². The van der Waals surface area contributed by atoms with Gasteiger partial charge in [0.1, 0.15) is 0 Å². The molecule has 4 rings (SSSR count). The maximum absolute atomic E-state index is 11.4. The molecule has 37 heavy (non-hydrogen) atoms. The Kier molecular flexibility index (Phi) is 7.89. The fourth-order valence-electron chi connectivity index (χ4n) is 8.65. The molecule has 4 aliphatic rings. The van der Waals surface area contributed by atoms with Crippen LogP contribution in [0.2, 0.25) is 0 Å². The minimum absolute atomic E-state index is 0.117. The van der Waals surface area contributed by atoms with E-state index >= 15 is 0 Å². The van der Waals surface area contributed by atoms with E-state index in [1.165, 1.54) is 12.2 Å². The Morgan fingerprint density at radius 1 is 0.946 bits per heavy atom. The van der Waals surface area contributed by atoms with Gasteiger partial charge in [-0.25, -0.2) is 16.8 Å². The van der Waals surface area contributed by atoms with Gasteiger partial charge in [-0.2, -0.15) is 0 Å². The molecule has 212 valence electrons. The lowest BCUT2D eigenvalue weighted by molar-refractivity contribution is -0.0793. The van der Waals surface area contributed by atoms with Crippen LogP contribution in [0.3, 0.4) is 0 Å². The van der Waals surface area contributed by atoms with Gasteiger partial charge in [0.2, 0.25) is 0 Å². The first-order chi connectivity index (χ1) is 17.1. The fraction of sp³-hybridized carbons (Fsp3) is 0.846. The van der Waals surface area contributed by atoms with Crippen LogP contribution in [0.4, 0.5) is 0 Å². The molecule has 8 atom stereocenters. The Balaban J connectivity index is 1.63. The van der Waals surface area contributed by atoms with E-state index in [1.807, 2.05) is 6.92 Å². The smallest absolute Gasteiger partial charge is 0.262 e. The van der Waals surface area contributed by atoms with Crippen molar-refractivity contribution in [2.45, 2.75) is 79.1 Å². The molecule has 0 aromatic heterocycles. The van der Waals surface area contributed by atoms with Gasteiger partial charge < -0.3 is 22.6 Å². The molecule has 0 aromatic carbocycles. The number of aliphatic hydroxyl groups excluding tert-OH is 1. The predicted molar refractivity (Wildman–Crippen MR) is 134 cm³/mol. The van der Waals surface area contributed by atoms with Gasteiger partial charge in [0.25, 0.3) is 20.8 Å². The highest BCUT2D eigenvalue weighted by atomic mass is 32.3. The highest BCUT2D eigenvalue weighted by molar-refractivity contribution is 7.81. The van der Waals surface area contributed by atoms with E-state index in [9.17, 15) is 31.0 Å². The molecule has 0 heterocycles. The molecule has 0 spiro atoms. The quantitative estimate of drug-likeness (QED) is 0.322. The van der Waals surface area contributed by atoms with Crippen LogP contribution in [0.25, 0.3) is 0 Å². The standard InChI is InChI=1S/C26H42O9S2/c1-16(2)5-6-17(15-27)20-9-10-21-19-8-7-18-13-23(34-36(28,29)30)24(35-37(31,32)33)14-26(18,4)22(19)11-12-25(20,21)3/h13-14,16-22,27H,5-12,15H2,1-4H3,(H,28,29,30)(H,31,32,33)/p-2/t17-,18?,19-,20+,21-,22-,25+,26-/m0/s1. The third-order valence-electron chi connectivity index (χ3n) is 10.3. The van der Waals surface area contributed by atoms with Crippen molar-refractivity contribution in [3.05, 3.63) is 23.7 Å². The number of allylic oxidation sites excluding steroid dienone is 2. The molecular formula is C26H40O9S2-2. The predicted octanol–water partition coefficient (Wildman–Crippen LogP) is 4.24. The Morgan fingerprint density at radius 2 is 1.59 bits per heavy atom. The molecule has 3 saturated carbocycles. The molecule has 4 aliphatic carbocycles. The molecule has 11 heteroatoms. The Labute approximate surface area is 221 Å². The zero-order valence-corrected chi connectivity index (χ0v) is 23.7. The van der Waals surface area contributed by atoms with Crippen LogP contribution in [-0.2, 0) is 29.2 Å². The number of aliphatic hydroxyl groups is 1. The average Bonchev–Trinajstić information content (AvgIpc) is 3.10. The van der Waals surface area contributed by atoms with Crippen molar-refractivity contribution in [2.75, 3.05) is 6.61 Å². The van der Waals surface area contributed by atoms with E-state index in [-0.39, 0.29) is 29.8 Å². The molecule has 3 fully saturated rings. The number of hydrogen-bond donors (Lipinski definition) is 1. The molecule has 0 saturated heterocycles. The maximum atomic E-state index is 11.4. The zero-order valence-electron chi connectivity index (χ0n) is 22.1. The molecule has 0 amide bonds. The second-order valence-corrected chi connectivity index (χ2v) is 14.6. The van der Waals surface area contributed by atoms with E-state index in [0.29, 0.717) is 30.1 Å². The summed E-state index contributed by atoms with van der Waals surface area (Å²) in [5.74, 6) is 1.09. The van der Waals surface area contributed by atoms with Gasteiger partial charge in [0, 0.05) is 6.61 Å². The lowest BCUT2D eigenvalue weighted by Gasteiger charge is -2.59. The van der Waals surface area contributed by atoms with Crippen LogP contribution in [-0.4, -0.2) is 37.7 Å². The molecule has 0 radical (unpaired) electrons. The Hall–Kier alpha value is -1.14. The molecule has 9 nitrogen and oxygen atoms in total. The van der Waals surface area contributed by atoms with Crippen LogP contribution in [0.15, 0.2) is 23.7 Å².